The van der Waals surface area contributed by atoms with Crippen LogP contribution in [0.1, 0.15) is 65.7 Å². The third kappa shape index (κ3) is 2.12. The van der Waals surface area contributed by atoms with Crippen molar-refractivity contribution in [3.8, 4) is 0 Å². The number of hydrogen-bond donors (Lipinski definition) is 1. The van der Waals surface area contributed by atoms with Crippen LogP contribution in [-0.4, -0.2) is 10.9 Å². The van der Waals surface area contributed by atoms with Crippen LogP contribution in [0, 0.1) is 5.41 Å². The predicted molar refractivity (Wildman–Crippen MR) is 58.2 cm³/mol. The van der Waals surface area contributed by atoms with Crippen molar-refractivity contribution in [3.63, 3.8) is 0 Å². The Hall–Kier alpha value is -0.0800. The molecule has 0 amide bonds. The molecule has 0 spiro atoms. The van der Waals surface area contributed by atoms with Gasteiger partial charge in [0.05, 0.1) is 0 Å². The quantitative estimate of drug-likeness (QED) is 0.549. The van der Waals surface area contributed by atoms with E-state index < -0.39 is 0 Å². The molecule has 0 saturated heterocycles. The van der Waals surface area contributed by atoms with E-state index in [4.69, 9.17) is 4.89 Å². The van der Waals surface area contributed by atoms with Gasteiger partial charge in [-0.2, -0.15) is 0 Å². The van der Waals surface area contributed by atoms with Gasteiger partial charge >= 0.3 is 0 Å². The third-order valence-corrected chi connectivity index (χ3v) is 3.94. The van der Waals surface area contributed by atoms with Gasteiger partial charge in [0.1, 0.15) is 5.60 Å². The van der Waals surface area contributed by atoms with Gasteiger partial charge in [-0.3, -0.25) is 5.26 Å². The van der Waals surface area contributed by atoms with E-state index in [1.165, 1.54) is 19.3 Å². The van der Waals surface area contributed by atoms with Crippen LogP contribution in [0.4, 0.5) is 0 Å². The molecule has 0 radical (unpaired) electrons. The van der Waals surface area contributed by atoms with Crippen molar-refractivity contribution >= 4 is 0 Å². The van der Waals surface area contributed by atoms with Gasteiger partial charge in [-0.1, -0.05) is 46.5 Å². The molecule has 0 aromatic heterocycles. The highest BCUT2D eigenvalue weighted by atomic mass is 17.1. The standard InChI is InChI=1S/C12H24O2/c1-4-8-11(2,3)12(14-13)9-6-5-7-10-12/h13H,4-10H2,1-3H3. The molecule has 0 aromatic carbocycles. The maximum Gasteiger partial charge on any atom is 0.108 e. The second-order valence-electron chi connectivity index (χ2n) is 5.28. The summed E-state index contributed by atoms with van der Waals surface area (Å²) in [6.07, 6.45) is 7.95. The highest BCUT2D eigenvalue weighted by Crippen LogP contribution is 2.47. The first-order valence-corrected chi connectivity index (χ1v) is 5.90. The normalized spacial score (nSPS) is 22.3. The third-order valence-electron chi connectivity index (χ3n) is 3.94. The van der Waals surface area contributed by atoms with E-state index in [-0.39, 0.29) is 11.0 Å². The summed E-state index contributed by atoms with van der Waals surface area (Å²) in [6, 6.07) is 0. The van der Waals surface area contributed by atoms with E-state index in [0.717, 1.165) is 25.7 Å². The van der Waals surface area contributed by atoms with E-state index in [0.29, 0.717) is 0 Å². The fourth-order valence-corrected chi connectivity index (χ4v) is 2.87. The van der Waals surface area contributed by atoms with Gasteiger partial charge in [0, 0.05) is 0 Å². The minimum atomic E-state index is -0.277. The van der Waals surface area contributed by atoms with E-state index in [2.05, 4.69) is 20.8 Å². The molecular formula is C12H24O2. The Morgan fingerprint density at radius 3 is 2.21 bits per heavy atom. The molecule has 0 unspecified atom stereocenters. The molecule has 2 nitrogen and oxygen atoms in total. The van der Waals surface area contributed by atoms with Crippen molar-refractivity contribution in [1.29, 1.82) is 0 Å². The Morgan fingerprint density at radius 1 is 1.21 bits per heavy atom. The molecule has 1 N–H and O–H groups in total. The summed E-state index contributed by atoms with van der Waals surface area (Å²) in [5.41, 5.74) is -0.182. The molecular weight excluding hydrogens is 176 g/mol. The molecule has 0 bridgehead atoms. The van der Waals surface area contributed by atoms with Gasteiger partial charge in [-0.05, 0) is 24.7 Å². The summed E-state index contributed by atoms with van der Waals surface area (Å²) in [7, 11) is 0. The summed E-state index contributed by atoms with van der Waals surface area (Å²) in [5, 5.41) is 9.20. The molecule has 2 heteroatoms. The highest BCUT2D eigenvalue weighted by Gasteiger charge is 2.46. The molecule has 0 aromatic rings. The van der Waals surface area contributed by atoms with E-state index in [1.54, 1.807) is 0 Å². The zero-order valence-electron chi connectivity index (χ0n) is 9.81. The van der Waals surface area contributed by atoms with Crippen LogP contribution in [0.3, 0.4) is 0 Å². The molecule has 1 aliphatic carbocycles. The van der Waals surface area contributed by atoms with Crippen LogP contribution in [0.2, 0.25) is 0 Å². The summed E-state index contributed by atoms with van der Waals surface area (Å²) in [5.74, 6) is 0. The molecule has 0 aliphatic heterocycles. The monoisotopic (exact) mass is 200 g/mol. The second-order valence-corrected chi connectivity index (χ2v) is 5.28. The lowest BCUT2D eigenvalue weighted by atomic mass is 9.65. The minimum absolute atomic E-state index is 0.0942. The Bertz CT molecular complexity index is 169. The lowest BCUT2D eigenvalue weighted by molar-refractivity contribution is -0.359. The molecule has 14 heavy (non-hydrogen) atoms. The van der Waals surface area contributed by atoms with Gasteiger partial charge in [0.25, 0.3) is 0 Å². The maximum atomic E-state index is 9.20. The van der Waals surface area contributed by atoms with Gasteiger partial charge in [0.15, 0.2) is 0 Å². The Morgan fingerprint density at radius 2 is 1.79 bits per heavy atom. The summed E-state index contributed by atoms with van der Waals surface area (Å²) >= 11 is 0. The average molecular weight is 200 g/mol. The zero-order valence-corrected chi connectivity index (χ0v) is 9.81. The number of rotatable bonds is 4. The van der Waals surface area contributed by atoms with Gasteiger partial charge in [0.2, 0.25) is 0 Å². The van der Waals surface area contributed by atoms with Gasteiger partial charge < -0.3 is 0 Å². The first kappa shape index (κ1) is 12.0. The van der Waals surface area contributed by atoms with E-state index >= 15 is 0 Å². The Balaban J connectivity index is 2.75. The van der Waals surface area contributed by atoms with Crippen LogP contribution >= 0.6 is 0 Å². The first-order chi connectivity index (χ1) is 6.58. The fraction of sp³-hybridized carbons (Fsp3) is 1.00. The van der Waals surface area contributed by atoms with Crippen molar-refractivity contribution in [3.05, 3.63) is 0 Å². The fourth-order valence-electron chi connectivity index (χ4n) is 2.87. The Kier molecular flexibility index (Phi) is 3.96. The molecule has 0 heterocycles. The van der Waals surface area contributed by atoms with Crippen molar-refractivity contribution in [1.82, 2.24) is 0 Å². The van der Waals surface area contributed by atoms with Crippen LogP contribution in [-0.2, 0) is 4.89 Å². The van der Waals surface area contributed by atoms with Gasteiger partial charge in [-0.15, -0.1) is 0 Å². The lowest BCUT2D eigenvalue weighted by Crippen LogP contribution is -2.47. The summed E-state index contributed by atoms with van der Waals surface area (Å²) < 4.78 is 0. The zero-order chi connectivity index (χ0) is 10.7. The smallest absolute Gasteiger partial charge is 0.108 e. The molecule has 1 fully saturated rings. The van der Waals surface area contributed by atoms with Crippen molar-refractivity contribution in [2.45, 2.75) is 71.3 Å². The van der Waals surface area contributed by atoms with Crippen LogP contribution < -0.4 is 0 Å². The topological polar surface area (TPSA) is 29.5 Å². The Labute approximate surface area is 87.6 Å². The number of hydrogen-bond acceptors (Lipinski definition) is 2. The maximum absolute atomic E-state index is 9.20. The molecule has 1 aliphatic rings. The largest absolute Gasteiger partial charge is 0.251 e. The average Bonchev–Trinajstić information content (AvgIpc) is 2.18. The van der Waals surface area contributed by atoms with Crippen LogP contribution in [0.15, 0.2) is 0 Å². The van der Waals surface area contributed by atoms with Crippen molar-refractivity contribution < 1.29 is 10.1 Å². The summed E-state index contributed by atoms with van der Waals surface area (Å²) in [6.45, 7) is 6.63. The van der Waals surface area contributed by atoms with Crippen molar-refractivity contribution in [2.75, 3.05) is 0 Å². The SMILES string of the molecule is CCCC(C)(C)C1(OO)CCCCC1. The highest BCUT2D eigenvalue weighted by molar-refractivity contribution is 4.95. The molecule has 1 saturated carbocycles. The summed E-state index contributed by atoms with van der Waals surface area (Å²) in [4.78, 5) is 4.90. The second kappa shape index (κ2) is 4.63. The molecule has 84 valence electrons. The van der Waals surface area contributed by atoms with Crippen LogP contribution in [0.5, 0.6) is 0 Å². The first-order valence-electron chi connectivity index (χ1n) is 5.90. The van der Waals surface area contributed by atoms with Crippen molar-refractivity contribution in [2.24, 2.45) is 5.41 Å². The lowest BCUT2D eigenvalue weighted by Gasteiger charge is -2.46. The van der Waals surface area contributed by atoms with Crippen LogP contribution in [0.25, 0.3) is 0 Å². The predicted octanol–water partition coefficient (Wildman–Crippen LogP) is 4.01. The minimum Gasteiger partial charge on any atom is -0.251 e. The van der Waals surface area contributed by atoms with E-state index in [1.807, 2.05) is 0 Å². The van der Waals surface area contributed by atoms with Gasteiger partial charge in [-0.25, -0.2) is 4.89 Å². The molecule has 1 rings (SSSR count). The molecule has 0 atom stereocenters. The van der Waals surface area contributed by atoms with E-state index in [9.17, 15) is 5.26 Å².